The van der Waals surface area contributed by atoms with Crippen molar-refractivity contribution in [2.24, 2.45) is 5.92 Å². The summed E-state index contributed by atoms with van der Waals surface area (Å²) in [6, 6.07) is 15.1. The fraction of sp³-hybridized carbons (Fsp3) is 0.500. The van der Waals surface area contributed by atoms with Gasteiger partial charge < -0.3 is 38.0 Å². The monoisotopic (exact) mass is 542 g/mol. The number of carbonyl (C=O) groups excluding carboxylic acids is 1. The second kappa shape index (κ2) is 20.1. The molecule has 0 amide bonds. The Morgan fingerprint density at radius 1 is 0.971 bits per heavy atom. The zero-order chi connectivity index (χ0) is 23.0. The van der Waals surface area contributed by atoms with E-state index < -0.39 is 0 Å². The molecule has 34 heavy (non-hydrogen) atoms. The minimum absolute atomic E-state index is 0. The number of benzene rings is 2. The van der Waals surface area contributed by atoms with Gasteiger partial charge in [-0.3, -0.25) is 4.79 Å². The number of carbonyl (C=O) groups is 1. The summed E-state index contributed by atoms with van der Waals surface area (Å²) >= 11 is 0. The summed E-state index contributed by atoms with van der Waals surface area (Å²) in [6.07, 6.45) is 12.2. The molecule has 4 rings (SSSR count). The van der Waals surface area contributed by atoms with Crippen LogP contribution < -0.4 is 26.5 Å². The predicted molar refractivity (Wildman–Crippen MR) is 136 cm³/mol. The molecule has 0 radical (unpaired) electrons. The van der Waals surface area contributed by atoms with E-state index in [1.807, 2.05) is 36.4 Å². The van der Waals surface area contributed by atoms with E-state index in [-0.39, 0.29) is 46.1 Å². The molecule has 4 nitrogen and oxygen atoms in total. The minimum Gasteiger partial charge on any atom is -1.00 e. The average Bonchev–Trinajstić information content (AvgIpc) is 3.72. The van der Waals surface area contributed by atoms with Crippen molar-refractivity contribution in [3.63, 3.8) is 0 Å². The number of hydrogen-bond donors (Lipinski definition) is 1. The van der Waals surface area contributed by atoms with Crippen LogP contribution in [-0.2, 0) is 0 Å². The maximum atomic E-state index is 10.4. The van der Waals surface area contributed by atoms with Crippen molar-refractivity contribution in [1.82, 2.24) is 0 Å². The van der Waals surface area contributed by atoms with Crippen LogP contribution in [-0.4, -0.2) is 47.7 Å². The molecule has 2 aliphatic rings. The van der Waals surface area contributed by atoms with Gasteiger partial charge in [-0.1, -0.05) is 51.0 Å². The third-order valence-electron chi connectivity index (χ3n) is 5.08. The minimum atomic E-state index is -0.297. The Hall–Kier alpha value is -1.08. The zero-order valence-corrected chi connectivity index (χ0v) is 23.8. The van der Waals surface area contributed by atoms with Crippen molar-refractivity contribution in [3.05, 3.63) is 66.1 Å². The normalized spacial score (nSPS) is 13.9. The third kappa shape index (κ3) is 15.0. The fourth-order valence-corrected chi connectivity index (χ4v) is 2.82. The van der Waals surface area contributed by atoms with Gasteiger partial charge in [0.2, 0.25) is 0 Å². The van der Waals surface area contributed by atoms with Crippen LogP contribution in [0.15, 0.2) is 48.5 Å². The topological polar surface area (TPSA) is 55.8 Å². The van der Waals surface area contributed by atoms with Crippen LogP contribution in [0.4, 0.5) is 0 Å². The van der Waals surface area contributed by atoms with Crippen LogP contribution in [0.5, 0.6) is 11.5 Å². The number of halogens is 1. The molecule has 0 aromatic heterocycles. The standard InChI is InChI=1S/C14H20O2.C11H14O2.C3H5.BrH.Mg/c1-2-3-9-16-13-6-4-5-12(10-13)14(15)11-7-8-11;1-2-3-7-13-11-6-4-5-10(8-11)9-12;1-2-3-1;;/h4-6,10-11,14-15H,2-3,7-9H2,1H3;4-6,8-9H,2-3,7H2,1H3;1H,2-3H2;1H;/q;;-1;;+2/p-1. The summed E-state index contributed by atoms with van der Waals surface area (Å²) in [6.45, 7) is 5.75. The molecule has 2 saturated carbocycles. The molecule has 0 spiro atoms. The first kappa shape index (κ1) is 32.9. The number of aliphatic hydroxyl groups excluding tert-OH is 1. The molecule has 2 aromatic rings. The summed E-state index contributed by atoms with van der Waals surface area (Å²) in [5.74, 6) is 2.13. The number of unbranched alkanes of at least 4 members (excludes halogenated alkanes) is 2. The van der Waals surface area contributed by atoms with Gasteiger partial charge in [0, 0.05) is 5.56 Å². The molecular formula is C28H39BrMgO4. The van der Waals surface area contributed by atoms with Crippen molar-refractivity contribution in [3.8, 4) is 11.5 Å². The SMILES string of the molecule is CCCCOc1cccc(C(O)C2CC2)c1.CCCCOc1cccc(C=O)c1.[Br-].[CH-]1CC1.[Mg+2]. The molecule has 0 bridgehead atoms. The van der Waals surface area contributed by atoms with Gasteiger partial charge in [-0.25, -0.2) is 12.8 Å². The van der Waals surface area contributed by atoms with Crippen molar-refractivity contribution in [1.29, 1.82) is 0 Å². The van der Waals surface area contributed by atoms with Gasteiger partial charge in [-0.15, -0.1) is 0 Å². The van der Waals surface area contributed by atoms with Crippen molar-refractivity contribution >= 4 is 29.3 Å². The molecule has 6 heteroatoms. The Morgan fingerprint density at radius 3 is 1.97 bits per heavy atom. The number of hydrogen-bond acceptors (Lipinski definition) is 4. The van der Waals surface area contributed by atoms with Crippen LogP contribution in [0.25, 0.3) is 0 Å². The first-order valence-corrected chi connectivity index (χ1v) is 12.1. The summed E-state index contributed by atoms with van der Waals surface area (Å²) in [5, 5.41) is 10.0. The zero-order valence-electron chi connectivity index (χ0n) is 20.8. The molecule has 0 heterocycles. The number of aliphatic hydroxyl groups is 1. The second-order valence-electron chi connectivity index (χ2n) is 8.32. The Kier molecular flexibility index (Phi) is 19.5. The van der Waals surface area contributed by atoms with Crippen molar-refractivity contribution in [2.75, 3.05) is 13.2 Å². The molecule has 1 unspecified atom stereocenters. The number of ether oxygens (including phenoxy) is 2. The van der Waals surface area contributed by atoms with Gasteiger partial charge in [0.15, 0.2) is 0 Å². The molecule has 184 valence electrons. The smallest absolute Gasteiger partial charge is 1.00 e. The van der Waals surface area contributed by atoms with Gasteiger partial charge in [0.05, 0.1) is 19.3 Å². The largest absolute Gasteiger partial charge is 2.00 e. The third-order valence-corrected chi connectivity index (χ3v) is 5.08. The summed E-state index contributed by atoms with van der Waals surface area (Å²) < 4.78 is 11.1. The van der Waals surface area contributed by atoms with E-state index in [4.69, 9.17) is 9.47 Å². The van der Waals surface area contributed by atoms with E-state index in [1.54, 1.807) is 12.1 Å². The molecule has 2 aliphatic carbocycles. The van der Waals surface area contributed by atoms with E-state index in [0.717, 1.165) is 75.1 Å². The molecule has 0 saturated heterocycles. The van der Waals surface area contributed by atoms with E-state index >= 15 is 0 Å². The van der Waals surface area contributed by atoms with E-state index in [1.165, 1.54) is 12.8 Å². The first-order chi connectivity index (χ1) is 15.7. The van der Waals surface area contributed by atoms with Gasteiger partial charge in [-0.05, 0) is 61.4 Å². The van der Waals surface area contributed by atoms with E-state index in [9.17, 15) is 9.90 Å². The van der Waals surface area contributed by atoms with Gasteiger partial charge >= 0.3 is 23.1 Å². The Morgan fingerprint density at radius 2 is 1.50 bits per heavy atom. The molecule has 1 N–H and O–H groups in total. The van der Waals surface area contributed by atoms with Crippen LogP contribution in [0.2, 0.25) is 0 Å². The van der Waals surface area contributed by atoms with Crippen LogP contribution in [0, 0.1) is 12.3 Å². The van der Waals surface area contributed by atoms with Crippen LogP contribution in [0.1, 0.15) is 87.2 Å². The molecule has 1 atom stereocenters. The van der Waals surface area contributed by atoms with E-state index in [2.05, 4.69) is 20.3 Å². The average molecular weight is 544 g/mol. The molecule has 2 aromatic carbocycles. The van der Waals surface area contributed by atoms with Crippen LogP contribution >= 0.6 is 0 Å². The Balaban J connectivity index is 0.000000548. The Labute approximate surface area is 232 Å². The van der Waals surface area contributed by atoms with Crippen LogP contribution in [0.3, 0.4) is 0 Å². The van der Waals surface area contributed by atoms with E-state index in [0.29, 0.717) is 11.5 Å². The number of rotatable bonds is 11. The second-order valence-corrected chi connectivity index (χ2v) is 8.32. The van der Waals surface area contributed by atoms with Gasteiger partial charge in [-0.2, -0.15) is 0 Å². The van der Waals surface area contributed by atoms with Crippen molar-refractivity contribution < 1.29 is 36.4 Å². The van der Waals surface area contributed by atoms with Crippen molar-refractivity contribution in [2.45, 2.75) is 71.3 Å². The Bertz CT molecular complexity index is 778. The first-order valence-electron chi connectivity index (χ1n) is 12.1. The summed E-state index contributed by atoms with van der Waals surface area (Å²) in [4.78, 5) is 10.4. The van der Waals surface area contributed by atoms with Gasteiger partial charge in [0.25, 0.3) is 0 Å². The fourth-order valence-electron chi connectivity index (χ4n) is 2.82. The molecule has 2 fully saturated rings. The van der Waals surface area contributed by atoms with Gasteiger partial charge in [0.1, 0.15) is 17.8 Å². The number of aldehydes is 1. The molecular weight excluding hydrogens is 505 g/mol. The maximum Gasteiger partial charge on any atom is 2.00 e. The predicted octanol–water partition coefficient (Wildman–Crippen LogP) is 3.59. The summed E-state index contributed by atoms with van der Waals surface area (Å²) in [5.41, 5.74) is 1.66. The maximum absolute atomic E-state index is 10.4. The molecule has 0 aliphatic heterocycles. The summed E-state index contributed by atoms with van der Waals surface area (Å²) in [7, 11) is 0. The quantitative estimate of drug-likeness (QED) is 0.204.